The minimum atomic E-state index is 0.171. The van der Waals surface area contributed by atoms with Gasteiger partial charge in [0.15, 0.2) is 0 Å². The lowest BCUT2D eigenvalue weighted by atomic mass is 9.77. The van der Waals surface area contributed by atoms with Gasteiger partial charge in [0.2, 0.25) is 0 Å². The van der Waals surface area contributed by atoms with Gasteiger partial charge in [-0.15, -0.1) is 0 Å². The van der Waals surface area contributed by atoms with Crippen LogP contribution in [0.1, 0.15) is 78.0 Å². The van der Waals surface area contributed by atoms with Crippen molar-refractivity contribution in [2.45, 2.75) is 77.8 Å². The molecule has 2 rings (SSSR count). The molecular weight excluding hydrogens is 282 g/mol. The first-order valence-electron chi connectivity index (χ1n) is 8.27. The van der Waals surface area contributed by atoms with Crippen molar-refractivity contribution in [3.05, 3.63) is 16.9 Å². The normalized spacial score (nSPS) is 23.8. The summed E-state index contributed by atoms with van der Waals surface area (Å²) in [6.07, 6.45) is 6.97. The Morgan fingerprint density at radius 2 is 2.00 bits per heavy atom. The fourth-order valence-electron chi connectivity index (χ4n) is 3.36. The first-order valence-corrected chi connectivity index (χ1v) is 8.65. The van der Waals surface area contributed by atoms with Crippen LogP contribution in [-0.2, 0) is 0 Å². The largest absolute Gasteiger partial charge is 0.312 e. The summed E-state index contributed by atoms with van der Waals surface area (Å²) < 4.78 is 2.13. The van der Waals surface area contributed by atoms with E-state index in [0.29, 0.717) is 17.9 Å². The van der Waals surface area contributed by atoms with Gasteiger partial charge >= 0.3 is 0 Å². The quantitative estimate of drug-likeness (QED) is 0.867. The number of rotatable bonds is 4. The predicted octanol–water partition coefficient (Wildman–Crippen LogP) is 4.78. The Kier molecular flexibility index (Phi) is 5.37. The zero-order chi connectivity index (χ0) is 15.6. The van der Waals surface area contributed by atoms with E-state index < -0.39 is 0 Å². The van der Waals surface area contributed by atoms with Gasteiger partial charge in [0.1, 0.15) is 0 Å². The predicted molar refractivity (Wildman–Crippen MR) is 90.1 cm³/mol. The maximum atomic E-state index is 6.47. The highest BCUT2D eigenvalue weighted by Gasteiger charge is 2.32. The molecule has 21 heavy (non-hydrogen) atoms. The Balaban J connectivity index is 2.20. The average molecular weight is 312 g/mol. The van der Waals surface area contributed by atoms with E-state index in [2.05, 4.69) is 49.7 Å². The van der Waals surface area contributed by atoms with E-state index in [-0.39, 0.29) is 5.54 Å². The summed E-state index contributed by atoms with van der Waals surface area (Å²) >= 11 is 6.47. The van der Waals surface area contributed by atoms with Gasteiger partial charge in [0, 0.05) is 17.5 Å². The summed E-state index contributed by atoms with van der Waals surface area (Å²) in [5.41, 5.74) is 1.43. The molecule has 2 unspecified atom stereocenters. The van der Waals surface area contributed by atoms with Crippen molar-refractivity contribution in [2.75, 3.05) is 6.54 Å². The van der Waals surface area contributed by atoms with Crippen molar-refractivity contribution in [3.63, 3.8) is 0 Å². The van der Waals surface area contributed by atoms with Crippen LogP contribution in [0.5, 0.6) is 0 Å². The number of nitrogens with zero attached hydrogens (tertiary/aromatic N) is 2. The molecule has 1 aliphatic carbocycles. The van der Waals surface area contributed by atoms with Crippen LogP contribution in [0.2, 0.25) is 5.02 Å². The molecule has 1 N–H and O–H groups in total. The average Bonchev–Trinajstić information content (AvgIpc) is 2.78. The minimum Gasteiger partial charge on any atom is -0.312 e. The maximum Gasteiger partial charge on any atom is 0.0820 e. The molecule has 0 aromatic carbocycles. The summed E-state index contributed by atoms with van der Waals surface area (Å²) in [4.78, 5) is 0. The van der Waals surface area contributed by atoms with Gasteiger partial charge in [-0.1, -0.05) is 24.4 Å². The van der Waals surface area contributed by atoms with E-state index in [4.69, 9.17) is 11.6 Å². The lowest BCUT2D eigenvalue weighted by Gasteiger charge is -2.35. The van der Waals surface area contributed by atoms with Crippen LogP contribution in [0.3, 0.4) is 0 Å². The summed E-state index contributed by atoms with van der Waals surface area (Å²) in [6, 6.07) is 0.366. The van der Waals surface area contributed by atoms with Gasteiger partial charge < -0.3 is 5.32 Å². The summed E-state index contributed by atoms with van der Waals surface area (Å²) in [5.74, 6) is 1.19. The van der Waals surface area contributed by atoms with Crippen molar-refractivity contribution >= 4 is 11.6 Å². The molecule has 2 atom stereocenters. The summed E-state index contributed by atoms with van der Waals surface area (Å²) in [5, 5.41) is 9.02. The third kappa shape index (κ3) is 4.23. The van der Waals surface area contributed by atoms with E-state index in [1.807, 2.05) is 6.20 Å². The molecule has 1 aliphatic rings. The Labute approximate surface area is 134 Å². The second kappa shape index (κ2) is 6.70. The maximum absolute atomic E-state index is 6.47. The second-order valence-corrected chi connectivity index (χ2v) is 8.11. The molecule has 1 aromatic rings. The van der Waals surface area contributed by atoms with E-state index >= 15 is 0 Å². The minimum absolute atomic E-state index is 0.171. The van der Waals surface area contributed by atoms with Gasteiger partial charge in [-0.05, 0) is 59.9 Å². The molecule has 1 heterocycles. The SMILES string of the molecule is CC(C)n1ncc(Cl)c1C1CCCCC1CNC(C)(C)C. The fraction of sp³-hybridized carbons (Fsp3) is 0.824. The van der Waals surface area contributed by atoms with Crippen molar-refractivity contribution in [2.24, 2.45) is 5.92 Å². The molecule has 0 amide bonds. The topological polar surface area (TPSA) is 29.9 Å². The molecular formula is C17H30ClN3. The third-order valence-electron chi connectivity index (χ3n) is 4.43. The Morgan fingerprint density at radius 3 is 2.62 bits per heavy atom. The molecule has 0 aliphatic heterocycles. The van der Waals surface area contributed by atoms with Crippen molar-refractivity contribution in [3.8, 4) is 0 Å². The van der Waals surface area contributed by atoms with Crippen molar-refractivity contribution < 1.29 is 0 Å². The molecule has 0 radical (unpaired) electrons. The van der Waals surface area contributed by atoms with Crippen LogP contribution >= 0.6 is 11.6 Å². The zero-order valence-electron chi connectivity index (χ0n) is 14.1. The number of aromatic nitrogens is 2. The van der Waals surface area contributed by atoms with Crippen LogP contribution in [-0.4, -0.2) is 21.9 Å². The Hall–Kier alpha value is -0.540. The molecule has 1 aromatic heterocycles. The summed E-state index contributed by atoms with van der Waals surface area (Å²) in [7, 11) is 0. The highest BCUT2D eigenvalue weighted by Crippen LogP contribution is 2.41. The molecule has 0 saturated heterocycles. The van der Waals surface area contributed by atoms with Crippen molar-refractivity contribution in [1.29, 1.82) is 0 Å². The van der Waals surface area contributed by atoms with E-state index in [0.717, 1.165) is 11.6 Å². The first-order chi connectivity index (χ1) is 9.79. The molecule has 120 valence electrons. The number of hydrogen-bond donors (Lipinski definition) is 1. The van der Waals surface area contributed by atoms with Crippen LogP contribution < -0.4 is 5.32 Å². The molecule has 0 bridgehead atoms. The number of nitrogens with one attached hydrogen (secondary N) is 1. The first kappa shape index (κ1) is 16.8. The molecule has 1 fully saturated rings. The number of halogens is 1. The highest BCUT2D eigenvalue weighted by molar-refractivity contribution is 6.31. The second-order valence-electron chi connectivity index (χ2n) is 7.70. The van der Waals surface area contributed by atoms with Crippen molar-refractivity contribution in [1.82, 2.24) is 15.1 Å². The van der Waals surface area contributed by atoms with E-state index in [1.165, 1.54) is 31.4 Å². The fourth-order valence-corrected chi connectivity index (χ4v) is 3.63. The molecule has 3 nitrogen and oxygen atoms in total. The van der Waals surface area contributed by atoms with Gasteiger partial charge in [-0.2, -0.15) is 5.10 Å². The highest BCUT2D eigenvalue weighted by atomic mass is 35.5. The van der Waals surface area contributed by atoms with E-state index in [9.17, 15) is 0 Å². The van der Waals surface area contributed by atoms with E-state index in [1.54, 1.807) is 0 Å². The Morgan fingerprint density at radius 1 is 1.33 bits per heavy atom. The van der Waals surface area contributed by atoms with Gasteiger partial charge in [-0.25, -0.2) is 0 Å². The van der Waals surface area contributed by atoms with Gasteiger partial charge in [-0.3, -0.25) is 4.68 Å². The van der Waals surface area contributed by atoms with Crippen LogP contribution in [0.4, 0.5) is 0 Å². The van der Waals surface area contributed by atoms with Gasteiger partial charge in [0.25, 0.3) is 0 Å². The van der Waals surface area contributed by atoms with Crippen LogP contribution in [0.25, 0.3) is 0 Å². The van der Waals surface area contributed by atoms with Crippen LogP contribution in [0, 0.1) is 5.92 Å². The zero-order valence-corrected chi connectivity index (χ0v) is 14.9. The smallest absolute Gasteiger partial charge is 0.0820 e. The third-order valence-corrected chi connectivity index (χ3v) is 4.72. The lowest BCUT2D eigenvalue weighted by Crippen LogP contribution is -2.41. The monoisotopic (exact) mass is 311 g/mol. The lowest BCUT2D eigenvalue weighted by molar-refractivity contribution is 0.258. The van der Waals surface area contributed by atoms with Crippen LogP contribution in [0.15, 0.2) is 6.20 Å². The molecule has 4 heteroatoms. The molecule has 1 saturated carbocycles. The summed E-state index contributed by atoms with van der Waals surface area (Å²) in [6.45, 7) is 12.1. The Bertz CT molecular complexity index is 459. The van der Waals surface area contributed by atoms with Gasteiger partial charge in [0.05, 0.1) is 16.9 Å². The molecule has 0 spiro atoms. The number of hydrogen-bond acceptors (Lipinski definition) is 2. The standard InChI is InChI=1S/C17H30ClN3/c1-12(2)21-16(15(18)11-20-21)14-9-7-6-8-13(14)10-19-17(3,4)5/h11-14,19H,6-10H2,1-5H3.